The molecule has 0 heterocycles. The van der Waals surface area contributed by atoms with E-state index in [1.807, 2.05) is 6.07 Å². The van der Waals surface area contributed by atoms with E-state index < -0.39 is 10.0 Å². The minimum Gasteiger partial charge on any atom is -0.496 e. The number of hydrogen-bond acceptors (Lipinski definition) is 5. The minimum absolute atomic E-state index is 0.0916. The molecular weight excluding hydrogens is 290 g/mol. The zero-order valence-corrected chi connectivity index (χ0v) is 12.2. The van der Waals surface area contributed by atoms with Crippen molar-refractivity contribution in [2.45, 2.75) is 4.90 Å². The van der Waals surface area contributed by atoms with E-state index in [1.54, 1.807) is 18.2 Å². The Morgan fingerprint density at radius 2 is 1.81 bits per heavy atom. The Balaban J connectivity index is 2.14. The zero-order valence-electron chi connectivity index (χ0n) is 11.4. The number of rotatable bonds is 5. The highest BCUT2D eigenvalue weighted by Crippen LogP contribution is 2.15. The van der Waals surface area contributed by atoms with Crippen molar-refractivity contribution in [3.05, 3.63) is 54.1 Å². The van der Waals surface area contributed by atoms with Gasteiger partial charge in [-0.3, -0.25) is 0 Å². The van der Waals surface area contributed by atoms with Gasteiger partial charge < -0.3 is 10.5 Å². The highest BCUT2D eigenvalue weighted by Gasteiger charge is 2.11. The molecule has 0 radical (unpaired) electrons. The molecule has 2 rings (SSSR count). The van der Waals surface area contributed by atoms with Crippen molar-refractivity contribution in [3.63, 3.8) is 0 Å². The summed E-state index contributed by atoms with van der Waals surface area (Å²) in [6.45, 7) is 0. The fraction of sp³-hybridized carbons (Fsp3) is 0.0714. The van der Waals surface area contributed by atoms with Crippen LogP contribution >= 0.6 is 0 Å². The van der Waals surface area contributed by atoms with E-state index in [9.17, 15) is 8.42 Å². The molecule has 6 nitrogen and oxygen atoms in total. The molecule has 0 aromatic heterocycles. The molecule has 0 atom stereocenters. The van der Waals surface area contributed by atoms with Gasteiger partial charge in [0.2, 0.25) is 0 Å². The molecule has 0 saturated carbocycles. The van der Waals surface area contributed by atoms with Crippen molar-refractivity contribution in [2.24, 2.45) is 5.10 Å². The number of ether oxygens (including phenoxy) is 1. The number of nitrogen functional groups attached to an aromatic ring is 1. The Labute approximate surface area is 123 Å². The first-order valence-electron chi connectivity index (χ1n) is 6.06. The molecule has 0 bridgehead atoms. The first-order chi connectivity index (χ1) is 10.0. The van der Waals surface area contributed by atoms with E-state index in [2.05, 4.69) is 9.93 Å². The fourth-order valence-corrected chi connectivity index (χ4v) is 2.43. The largest absolute Gasteiger partial charge is 0.496 e. The van der Waals surface area contributed by atoms with Gasteiger partial charge in [-0.2, -0.15) is 13.5 Å². The maximum atomic E-state index is 12.0. The predicted octanol–water partition coefficient (Wildman–Crippen LogP) is 1.59. The lowest BCUT2D eigenvalue weighted by atomic mass is 10.2. The number of sulfonamides is 1. The van der Waals surface area contributed by atoms with Crippen LogP contribution in [0.4, 0.5) is 5.69 Å². The van der Waals surface area contributed by atoms with Crippen molar-refractivity contribution < 1.29 is 13.2 Å². The molecule has 0 aliphatic carbocycles. The minimum atomic E-state index is -3.71. The van der Waals surface area contributed by atoms with Gasteiger partial charge >= 0.3 is 0 Å². The smallest absolute Gasteiger partial charge is 0.276 e. The average molecular weight is 305 g/mol. The van der Waals surface area contributed by atoms with E-state index in [0.717, 1.165) is 0 Å². The van der Waals surface area contributed by atoms with Crippen LogP contribution in [0.2, 0.25) is 0 Å². The molecule has 0 amide bonds. The summed E-state index contributed by atoms with van der Waals surface area (Å²) in [5, 5.41) is 3.75. The normalized spacial score (nSPS) is 11.5. The number of nitrogens with one attached hydrogen (secondary N) is 1. The van der Waals surface area contributed by atoms with Gasteiger partial charge in [0.1, 0.15) is 5.75 Å². The Hall–Kier alpha value is -2.54. The van der Waals surface area contributed by atoms with Crippen LogP contribution in [0.1, 0.15) is 5.56 Å². The molecule has 0 spiro atoms. The highest BCUT2D eigenvalue weighted by atomic mass is 32.2. The molecule has 0 aliphatic rings. The Morgan fingerprint density at radius 1 is 1.14 bits per heavy atom. The molecule has 110 valence electrons. The molecule has 21 heavy (non-hydrogen) atoms. The first-order valence-corrected chi connectivity index (χ1v) is 7.54. The SMILES string of the molecule is COc1ccccc1/C=N/NS(=O)(=O)c1ccc(N)cc1. The zero-order chi connectivity index (χ0) is 15.3. The highest BCUT2D eigenvalue weighted by molar-refractivity contribution is 7.89. The first kappa shape index (κ1) is 14.9. The molecule has 0 aliphatic heterocycles. The number of anilines is 1. The maximum Gasteiger partial charge on any atom is 0.276 e. The summed E-state index contributed by atoms with van der Waals surface area (Å²) < 4.78 is 29.1. The summed E-state index contributed by atoms with van der Waals surface area (Å²) in [4.78, 5) is 2.23. The van der Waals surface area contributed by atoms with Crippen molar-refractivity contribution in [3.8, 4) is 5.75 Å². The van der Waals surface area contributed by atoms with Crippen molar-refractivity contribution in [2.75, 3.05) is 12.8 Å². The van der Waals surface area contributed by atoms with Gasteiger partial charge in [-0.15, -0.1) is 0 Å². The lowest BCUT2D eigenvalue weighted by Gasteiger charge is -2.05. The molecule has 2 aromatic carbocycles. The second kappa shape index (κ2) is 6.27. The number of hydrogen-bond donors (Lipinski definition) is 2. The molecule has 0 saturated heterocycles. The second-order valence-corrected chi connectivity index (χ2v) is 5.82. The number of para-hydroxylation sites is 1. The van der Waals surface area contributed by atoms with Crippen LogP contribution in [0.5, 0.6) is 5.75 Å². The Morgan fingerprint density at radius 3 is 2.48 bits per heavy atom. The van der Waals surface area contributed by atoms with Crippen LogP contribution in [-0.4, -0.2) is 21.7 Å². The van der Waals surface area contributed by atoms with Crippen LogP contribution in [0.15, 0.2) is 58.5 Å². The third-order valence-electron chi connectivity index (χ3n) is 2.71. The number of hydrazone groups is 1. The van der Waals surface area contributed by atoms with Gasteiger partial charge in [0, 0.05) is 11.3 Å². The van der Waals surface area contributed by atoms with E-state index in [-0.39, 0.29) is 4.90 Å². The third-order valence-corrected chi connectivity index (χ3v) is 3.94. The van der Waals surface area contributed by atoms with Gasteiger partial charge in [-0.05, 0) is 36.4 Å². The number of nitrogens with zero attached hydrogens (tertiary/aromatic N) is 1. The number of methoxy groups -OCH3 is 1. The number of benzene rings is 2. The van der Waals surface area contributed by atoms with E-state index in [4.69, 9.17) is 10.5 Å². The predicted molar refractivity (Wildman–Crippen MR) is 81.8 cm³/mol. The summed E-state index contributed by atoms with van der Waals surface area (Å²) in [6, 6.07) is 13.0. The van der Waals surface area contributed by atoms with Gasteiger partial charge in [-0.25, -0.2) is 4.83 Å². The van der Waals surface area contributed by atoms with Crippen molar-refractivity contribution in [1.82, 2.24) is 4.83 Å². The topological polar surface area (TPSA) is 93.8 Å². The van der Waals surface area contributed by atoms with Crippen molar-refractivity contribution >= 4 is 21.9 Å². The van der Waals surface area contributed by atoms with Gasteiger partial charge in [0.15, 0.2) is 0 Å². The van der Waals surface area contributed by atoms with Gasteiger partial charge in [-0.1, -0.05) is 12.1 Å². The molecule has 0 unspecified atom stereocenters. The molecular formula is C14H15N3O3S. The maximum absolute atomic E-state index is 12.0. The summed E-state index contributed by atoms with van der Waals surface area (Å²) in [5.74, 6) is 0.605. The monoisotopic (exact) mass is 305 g/mol. The third kappa shape index (κ3) is 3.73. The quantitative estimate of drug-likeness (QED) is 0.498. The molecule has 7 heteroatoms. The van der Waals surface area contributed by atoms with Gasteiger partial charge in [0.25, 0.3) is 10.0 Å². The average Bonchev–Trinajstić information content (AvgIpc) is 2.48. The van der Waals surface area contributed by atoms with Crippen LogP contribution in [0.25, 0.3) is 0 Å². The molecule has 0 fully saturated rings. The number of nitrogens with two attached hydrogens (primary N) is 1. The lowest BCUT2D eigenvalue weighted by Crippen LogP contribution is -2.18. The van der Waals surface area contributed by atoms with E-state index in [1.165, 1.54) is 37.6 Å². The standard InChI is InChI=1S/C14H15N3O3S/c1-20-14-5-3-2-4-11(14)10-16-17-21(18,19)13-8-6-12(15)7-9-13/h2-10,17H,15H2,1H3/b16-10+. The Kier molecular flexibility index (Phi) is 4.44. The summed E-state index contributed by atoms with van der Waals surface area (Å²) in [5.41, 5.74) is 6.68. The second-order valence-electron chi connectivity index (χ2n) is 4.16. The van der Waals surface area contributed by atoms with Crippen LogP contribution in [-0.2, 0) is 10.0 Å². The Bertz CT molecular complexity index is 740. The molecule has 2 aromatic rings. The van der Waals surface area contributed by atoms with Crippen molar-refractivity contribution in [1.29, 1.82) is 0 Å². The lowest BCUT2D eigenvalue weighted by molar-refractivity contribution is 0.414. The van der Waals surface area contributed by atoms with E-state index in [0.29, 0.717) is 17.0 Å². The van der Waals surface area contributed by atoms with Crippen LogP contribution in [0, 0.1) is 0 Å². The summed E-state index contributed by atoms with van der Waals surface area (Å²) in [7, 11) is -2.18. The summed E-state index contributed by atoms with van der Waals surface area (Å²) in [6.07, 6.45) is 1.38. The fourth-order valence-electron chi connectivity index (χ4n) is 1.64. The summed E-state index contributed by atoms with van der Waals surface area (Å²) >= 11 is 0. The van der Waals surface area contributed by atoms with Crippen LogP contribution < -0.4 is 15.3 Å². The van der Waals surface area contributed by atoms with E-state index >= 15 is 0 Å². The van der Waals surface area contributed by atoms with Crippen LogP contribution in [0.3, 0.4) is 0 Å². The molecule has 3 N–H and O–H groups in total. The van der Waals surface area contributed by atoms with Gasteiger partial charge in [0.05, 0.1) is 18.2 Å².